The second kappa shape index (κ2) is 7.05. The van der Waals surface area contributed by atoms with Crippen LogP contribution < -0.4 is 0 Å². The van der Waals surface area contributed by atoms with Crippen LogP contribution in [0.5, 0.6) is 0 Å². The minimum absolute atomic E-state index is 0.529. The third-order valence-electron chi connectivity index (χ3n) is 2.94. The summed E-state index contributed by atoms with van der Waals surface area (Å²) in [5, 5.41) is 0. The summed E-state index contributed by atoms with van der Waals surface area (Å²) in [6.45, 7) is 6.46. The molecule has 1 aromatic heterocycles. The van der Waals surface area contributed by atoms with Gasteiger partial charge in [0.15, 0.2) is 0 Å². The molecule has 1 atom stereocenters. The number of methoxy groups -OCH3 is 1. The molecule has 0 aliphatic heterocycles. The molecule has 0 aliphatic rings. The predicted octanol–water partition coefficient (Wildman–Crippen LogP) is 3.48. The fourth-order valence-electron chi connectivity index (χ4n) is 1.70. The quantitative estimate of drug-likeness (QED) is 0.678. The highest BCUT2D eigenvalue weighted by atomic mass is 32.1. The van der Waals surface area contributed by atoms with E-state index in [1.165, 1.54) is 16.2 Å². The van der Waals surface area contributed by atoms with Crippen molar-refractivity contribution in [1.29, 1.82) is 0 Å². The molecule has 0 amide bonds. The van der Waals surface area contributed by atoms with E-state index < -0.39 is 0 Å². The van der Waals surface area contributed by atoms with Gasteiger partial charge in [0.25, 0.3) is 0 Å². The number of ether oxygens (including phenoxy) is 1. The highest BCUT2D eigenvalue weighted by Gasteiger charge is 2.12. The Morgan fingerprint density at radius 2 is 2.12 bits per heavy atom. The van der Waals surface area contributed by atoms with Crippen molar-refractivity contribution >= 4 is 11.3 Å². The zero-order valence-corrected chi connectivity index (χ0v) is 11.6. The van der Waals surface area contributed by atoms with E-state index in [1.54, 1.807) is 7.11 Å². The number of unbranched alkanes of at least 4 members (excludes halogenated alkanes) is 1. The minimum Gasteiger partial charge on any atom is -0.385 e. The van der Waals surface area contributed by atoms with Gasteiger partial charge in [0, 0.05) is 29.5 Å². The summed E-state index contributed by atoms with van der Waals surface area (Å²) in [6, 6.07) is 4.98. The Morgan fingerprint density at radius 3 is 2.69 bits per heavy atom. The fourth-order valence-corrected chi connectivity index (χ4v) is 2.69. The van der Waals surface area contributed by atoms with Gasteiger partial charge >= 0.3 is 0 Å². The van der Waals surface area contributed by atoms with Gasteiger partial charge in [-0.2, -0.15) is 0 Å². The van der Waals surface area contributed by atoms with Gasteiger partial charge in [-0.3, -0.25) is 4.90 Å². The van der Waals surface area contributed by atoms with Gasteiger partial charge in [0.1, 0.15) is 0 Å². The molecule has 0 fully saturated rings. The van der Waals surface area contributed by atoms with E-state index in [0.29, 0.717) is 6.04 Å². The largest absolute Gasteiger partial charge is 0.385 e. The first-order valence-corrected chi connectivity index (χ1v) is 6.72. The molecule has 0 aromatic carbocycles. The number of hydrogen-bond acceptors (Lipinski definition) is 3. The van der Waals surface area contributed by atoms with Crippen molar-refractivity contribution in [3.8, 4) is 0 Å². The van der Waals surface area contributed by atoms with Crippen molar-refractivity contribution in [1.82, 2.24) is 4.90 Å². The summed E-state index contributed by atoms with van der Waals surface area (Å²) in [5.74, 6) is 0. The number of thiophene rings is 1. The lowest BCUT2D eigenvalue weighted by Crippen LogP contribution is -2.23. The molecule has 2 nitrogen and oxygen atoms in total. The topological polar surface area (TPSA) is 12.5 Å². The Labute approximate surface area is 103 Å². The van der Waals surface area contributed by atoms with Crippen molar-refractivity contribution in [2.24, 2.45) is 0 Å². The van der Waals surface area contributed by atoms with Crippen molar-refractivity contribution in [3.05, 3.63) is 21.9 Å². The predicted molar refractivity (Wildman–Crippen MR) is 71.2 cm³/mol. The molecule has 0 saturated carbocycles. The van der Waals surface area contributed by atoms with Gasteiger partial charge in [-0.15, -0.1) is 11.3 Å². The Morgan fingerprint density at radius 1 is 1.38 bits per heavy atom. The average molecular weight is 241 g/mol. The second-order valence-corrected chi connectivity index (χ2v) is 5.62. The van der Waals surface area contributed by atoms with Crippen LogP contribution >= 0.6 is 11.3 Å². The maximum atomic E-state index is 5.06. The Hall–Kier alpha value is -0.380. The van der Waals surface area contributed by atoms with Gasteiger partial charge in [-0.05, 0) is 52.4 Å². The van der Waals surface area contributed by atoms with Gasteiger partial charge in [0.2, 0.25) is 0 Å². The third kappa shape index (κ3) is 4.24. The summed E-state index contributed by atoms with van der Waals surface area (Å²) >= 11 is 1.90. The summed E-state index contributed by atoms with van der Waals surface area (Å²) in [7, 11) is 3.97. The van der Waals surface area contributed by atoms with Crippen molar-refractivity contribution in [3.63, 3.8) is 0 Å². The van der Waals surface area contributed by atoms with E-state index in [2.05, 4.69) is 37.9 Å². The average Bonchev–Trinajstić information content (AvgIpc) is 2.70. The molecule has 1 unspecified atom stereocenters. The molecule has 92 valence electrons. The summed E-state index contributed by atoms with van der Waals surface area (Å²) in [5.41, 5.74) is 0. The first-order valence-electron chi connectivity index (χ1n) is 5.90. The van der Waals surface area contributed by atoms with Crippen LogP contribution in [0.1, 0.15) is 35.6 Å². The summed E-state index contributed by atoms with van der Waals surface area (Å²) in [6.07, 6.45) is 2.36. The van der Waals surface area contributed by atoms with Crippen LogP contribution in [-0.4, -0.2) is 32.2 Å². The molecular formula is C13H23NOS. The van der Waals surface area contributed by atoms with Crippen molar-refractivity contribution in [2.75, 3.05) is 27.3 Å². The monoisotopic (exact) mass is 241 g/mol. The molecule has 1 heterocycles. The number of rotatable bonds is 7. The Kier molecular flexibility index (Phi) is 6.03. The van der Waals surface area contributed by atoms with Gasteiger partial charge in [-0.25, -0.2) is 0 Å². The van der Waals surface area contributed by atoms with E-state index in [-0.39, 0.29) is 0 Å². The van der Waals surface area contributed by atoms with E-state index >= 15 is 0 Å². The fraction of sp³-hybridized carbons (Fsp3) is 0.692. The first-order chi connectivity index (χ1) is 7.65. The van der Waals surface area contributed by atoms with E-state index in [0.717, 1.165) is 19.6 Å². The standard InChI is InChI=1S/C13H23NOS/c1-11-7-8-13(16-11)12(2)14(3)9-5-6-10-15-4/h7-8,12H,5-6,9-10H2,1-4H3. The van der Waals surface area contributed by atoms with E-state index in [1.807, 2.05) is 11.3 Å². The molecule has 0 N–H and O–H groups in total. The second-order valence-electron chi connectivity index (χ2n) is 4.30. The van der Waals surface area contributed by atoms with Crippen LogP contribution in [-0.2, 0) is 4.74 Å². The Bertz CT molecular complexity index is 298. The molecule has 0 bridgehead atoms. The highest BCUT2D eigenvalue weighted by molar-refractivity contribution is 7.12. The van der Waals surface area contributed by atoms with E-state index in [9.17, 15) is 0 Å². The molecule has 0 spiro atoms. The van der Waals surface area contributed by atoms with Crippen LogP contribution in [0.25, 0.3) is 0 Å². The molecule has 16 heavy (non-hydrogen) atoms. The SMILES string of the molecule is COCCCCN(C)C(C)c1ccc(C)s1. The lowest BCUT2D eigenvalue weighted by atomic mass is 10.2. The van der Waals surface area contributed by atoms with Crippen LogP contribution in [0, 0.1) is 6.92 Å². The summed E-state index contributed by atoms with van der Waals surface area (Å²) < 4.78 is 5.06. The van der Waals surface area contributed by atoms with Crippen LogP contribution in [0.4, 0.5) is 0 Å². The molecule has 1 rings (SSSR count). The maximum Gasteiger partial charge on any atom is 0.0462 e. The molecular weight excluding hydrogens is 218 g/mol. The number of aryl methyl sites for hydroxylation is 1. The lowest BCUT2D eigenvalue weighted by Gasteiger charge is -2.23. The van der Waals surface area contributed by atoms with E-state index in [4.69, 9.17) is 4.74 Å². The number of nitrogens with zero attached hydrogens (tertiary/aromatic N) is 1. The third-order valence-corrected chi connectivity index (χ3v) is 4.11. The smallest absolute Gasteiger partial charge is 0.0462 e. The molecule has 1 aromatic rings. The zero-order valence-electron chi connectivity index (χ0n) is 10.8. The van der Waals surface area contributed by atoms with Crippen molar-refractivity contribution in [2.45, 2.75) is 32.7 Å². The first kappa shape index (κ1) is 13.7. The molecule has 0 aliphatic carbocycles. The van der Waals surface area contributed by atoms with Crippen LogP contribution in [0.2, 0.25) is 0 Å². The van der Waals surface area contributed by atoms with Gasteiger partial charge in [-0.1, -0.05) is 0 Å². The van der Waals surface area contributed by atoms with Crippen LogP contribution in [0.3, 0.4) is 0 Å². The van der Waals surface area contributed by atoms with Crippen molar-refractivity contribution < 1.29 is 4.74 Å². The Balaban J connectivity index is 2.33. The highest BCUT2D eigenvalue weighted by Crippen LogP contribution is 2.26. The van der Waals surface area contributed by atoms with Gasteiger partial charge < -0.3 is 4.74 Å². The lowest BCUT2D eigenvalue weighted by molar-refractivity contribution is 0.182. The minimum atomic E-state index is 0.529. The summed E-state index contributed by atoms with van der Waals surface area (Å²) in [4.78, 5) is 5.28. The van der Waals surface area contributed by atoms with Crippen LogP contribution in [0.15, 0.2) is 12.1 Å². The number of hydrogen-bond donors (Lipinski definition) is 0. The molecule has 3 heteroatoms. The molecule has 0 radical (unpaired) electrons. The maximum absolute atomic E-state index is 5.06. The molecule has 0 saturated heterocycles. The zero-order chi connectivity index (χ0) is 12.0. The normalized spacial score (nSPS) is 13.3. The van der Waals surface area contributed by atoms with Gasteiger partial charge in [0.05, 0.1) is 0 Å².